The van der Waals surface area contributed by atoms with Crippen LogP contribution < -0.4 is 9.80 Å². The van der Waals surface area contributed by atoms with Gasteiger partial charge in [-0.2, -0.15) is 0 Å². The van der Waals surface area contributed by atoms with Gasteiger partial charge < -0.3 is 9.80 Å². The minimum Gasteiger partial charge on any atom is -0.344 e. The second-order valence-electron chi connectivity index (χ2n) is 7.73. The van der Waals surface area contributed by atoms with Crippen molar-refractivity contribution in [3.8, 4) is 0 Å². The van der Waals surface area contributed by atoms with Gasteiger partial charge in [-0.25, -0.2) is 9.97 Å². The van der Waals surface area contributed by atoms with E-state index in [1.165, 1.54) is 6.33 Å². The molecule has 1 aliphatic rings. The van der Waals surface area contributed by atoms with E-state index in [9.17, 15) is 0 Å². The van der Waals surface area contributed by atoms with E-state index in [0.717, 1.165) is 28.2 Å². The van der Waals surface area contributed by atoms with Crippen LogP contribution in [0.25, 0.3) is 0 Å². The van der Waals surface area contributed by atoms with Gasteiger partial charge in [0.05, 0.1) is 6.67 Å². The molecule has 158 valence electrons. The third-order valence-electron chi connectivity index (χ3n) is 5.97. The quantitative estimate of drug-likeness (QED) is 0.213. The summed E-state index contributed by atoms with van der Waals surface area (Å²) in [7, 11) is 0. The molecule has 5 heteroatoms. The Morgan fingerprint density at radius 3 is 1.78 bits per heavy atom. The van der Waals surface area contributed by atoms with Crippen molar-refractivity contribution in [2.24, 2.45) is 0 Å². The molecule has 0 bridgehead atoms. The fourth-order valence-electron chi connectivity index (χ4n) is 4.70. The lowest BCUT2D eigenvalue weighted by Gasteiger charge is -2.44. The van der Waals surface area contributed by atoms with Crippen LogP contribution in [-0.4, -0.2) is 23.2 Å². The van der Waals surface area contributed by atoms with E-state index in [2.05, 4.69) is 94.2 Å². The number of nitrogens with zero attached hydrogens (tertiary/aromatic N) is 4. The summed E-state index contributed by atoms with van der Waals surface area (Å²) in [5.74, 6) is 0.809. The van der Waals surface area contributed by atoms with Crippen LogP contribution in [-0.2, 0) is 5.54 Å². The van der Waals surface area contributed by atoms with Gasteiger partial charge in [-0.1, -0.05) is 109 Å². The average Bonchev–Trinajstić information content (AvgIpc) is 3.22. The molecular formula is C27H23ClN4. The van der Waals surface area contributed by atoms with Gasteiger partial charge in [0.2, 0.25) is 0 Å². The molecule has 0 saturated heterocycles. The zero-order valence-corrected chi connectivity index (χ0v) is 18.4. The summed E-state index contributed by atoms with van der Waals surface area (Å²) in [6, 6.07) is 31.7. The topological polar surface area (TPSA) is 32.3 Å². The average molecular weight is 439 g/mol. The van der Waals surface area contributed by atoms with E-state index < -0.39 is 5.54 Å². The molecule has 4 nitrogen and oxygen atoms in total. The standard InChI is InChI=1S/C27H23ClN4/c1-2-18-31-20-32(26-24(31)25(28)29-19-30-26)27(21-12-6-3-7-13-21,22-14-8-4-9-15-22)23-16-10-5-11-17-23/h2-17,19H,1,18,20H2. The van der Waals surface area contributed by atoms with E-state index in [1.54, 1.807) is 0 Å². The summed E-state index contributed by atoms with van der Waals surface area (Å²) in [5.41, 5.74) is 3.67. The first-order valence-corrected chi connectivity index (χ1v) is 10.9. The number of aromatic nitrogens is 2. The van der Waals surface area contributed by atoms with Gasteiger partial charge in [0, 0.05) is 6.54 Å². The number of benzene rings is 3. The molecule has 4 aromatic rings. The van der Waals surface area contributed by atoms with Crippen molar-refractivity contribution >= 4 is 23.1 Å². The molecule has 0 radical (unpaired) electrons. The summed E-state index contributed by atoms with van der Waals surface area (Å²) in [6.45, 7) is 5.18. The highest BCUT2D eigenvalue weighted by atomic mass is 35.5. The molecule has 1 aliphatic heterocycles. The normalized spacial score (nSPS) is 13.2. The Hall–Kier alpha value is -3.63. The van der Waals surface area contributed by atoms with Crippen molar-refractivity contribution in [3.63, 3.8) is 0 Å². The van der Waals surface area contributed by atoms with Gasteiger partial charge in [-0.05, 0) is 16.7 Å². The highest BCUT2D eigenvalue weighted by molar-refractivity contribution is 6.32. The molecule has 5 rings (SSSR count). The maximum Gasteiger partial charge on any atom is 0.160 e. The predicted octanol–water partition coefficient (Wildman–Crippen LogP) is 5.89. The molecule has 0 spiro atoms. The molecule has 2 heterocycles. The molecule has 32 heavy (non-hydrogen) atoms. The van der Waals surface area contributed by atoms with Gasteiger partial charge in [-0.15, -0.1) is 6.58 Å². The van der Waals surface area contributed by atoms with E-state index in [1.807, 2.05) is 24.3 Å². The number of hydrogen-bond donors (Lipinski definition) is 0. The van der Waals surface area contributed by atoms with Crippen LogP contribution in [0, 0.1) is 0 Å². The third-order valence-corrected chi connectivity index (χ3v) is 6.25. The Morgan fingerprint density at radius 2 is 1.31 bits per heavy atom. The fourth-order valence-corrected chi connectivity index (χ4v) is 4.95. The SMILES string of the molecule is C=CCN1CN(C(c2ccccc2)(c2ccccc2)c2ccccc2)c2ncnc(Cl)c21. The first-order chi connectivity index (χ1) is 15.8. The maximum atomic E-state index is 6.60. The van der Waals surface area contributed by atoms with Gasteiger partial charge in [0.15, 0.2) is 11.0 Å². The molecule has 0 unspecified atom stereocenters. The van der Waals surface area contributed by atoms with E-state index >= 15 is 0 Å². The second-order valence-corrected chi connectivity index (χ2v) is 8.08. The zero-order chi connectivity index (χ0) is 22.0. The molecule has 1 aromatic heterocycles. The second kappa shape index (κ2) is 8.48. The first-order valence-electron chi connectivity index (χ1n) is 10.6. The molecule has 0 atom stereocenters. The molecular weight excluding hydrogens is 416 g/mol. The van der Waals surface area contributed by atoms with Crippen molar-refractivity contribution < 1.29 is 0 Å². The lowest BCUT2D eigenvalue weighted by Crippen LogP contribution is -2.50. The number of halogens is 1. The van der Waals surface area contributed by atoms with Crippen molar-refractivity contribution in [1.29, 1.82) is 0 Å². The summed E-state index contributed by atoms with van der Waals surface area (Å²) in [5, 5.41) is 0.447. The summed E-state index contributed by atoms with van der Waals surface area (Å²) >= 11 is 6.60. The Labute approximate surface area is 193 Å². The molecule has 0 amide bonds. The van der Waals surface area contributed by atoms with E-state index in [-0.39, 0.29) is 0 Å². The minimum atomic E-state index is -0.619. The molecule has 0 fully saturated rings. The van der Waals surface area contributed by atoms with E-state index in [0.29, 0.717) is 18.4 Å². The molecule has 3 aromatic carbocycles. The van der Waals surface area contributed by atoms with Crippen LogP contribution in [0.4, 0.5) is 11.5 Å². The number of hydrogen-bond acceptors (Lipinski definition) is 4. The van der Waals surface area contributed by atoms with E-state index in [4.69, 9.17) is 16.6 Å². The third kappa shape index (κ3) is 3.15. The van der Waals surface area contributed by atoms with Gasteiger partial charge in [0.25, 0.3) is 0 Å². The van der Waals surface area contributed by atoms with Crippen LogP contribution in [0.1, 0.15) is 16.7 Å². The van der Waals surface area contributed by atoms with Crippen molar-refractivity contribution in [3.05, 3.63) is 132 Å². The Kier molecular flexibility index (Phi) is 5.38. The summed E-state index contributed by atoms with van der Waals surface area (Å²) in [6.07, 6.45) is 3.42. The fraction of sp³-hybridized carbons (Fsp3) is 0.111. The molecule has 0 aliphatic carbocycles. The van der Waals surface area contributed by atoms with Crippen LogP contribution in [0.2, 0.25) is 5.15 Å². The summed E-state index contributed by atoms with van der Waals surface area (Å²) < 4.78 is 0. The van der Waals surface area contributed by atoms with Crippen molar-refractivity contribution in [2.45, 2.75) is 5.54 Å². The largest absolute Gasteiger partial charge is 0.344 e. The predicted molar refractivity (Wildman–Crippen MR) is 131 cm³/mol. The smallest absolute Gasteiger partial charge is 0.160 e. The molecule has 0 saturated carbocycles. The Morgan fingerprint density at radius 1 is 0.812 bits per heavy atom. The highest BCUT2D eigenvalue weighted by Crippen LogP contribution is 2.50. The van der Waals surface area contributed by atoms with Crippen LogP contribution >= 0.6 is 11.6 Å². The molecule has 0 N–H and O–H groups in total. The summed E-state index contributed by atoms with van der Waals surface area (Å²) in [4.78, 5) is 13.5. The van der Waals surface area contributed by atoms with Crippen molar-refractivity contribution in [2.75, 3.05) is 23.0 Å². The number of rotatable bonds is 6. The minimum absolute atomic E-state index is 0.447. The van der Waals surface area contributed by atoms with Gasteiger partial charge in [-0.3, -0.25) is 0 Å². The zero-order valence-electron chi connectivity index (χ0n) is 17.6. The Bertz CT molecular complexity index is 1120. The Balaban J connectivity index is 1.86. The maximum absolute atomic E-state index is 6.60. The van der Waals surface area contributed by atoms with Crippen LogP contribution in [0.3, 0.4) is 0 Å². The number of anilines is 2. The van der Waals surface area contributed by atoms with Gasteiger partial charge in [0.1, 0.15) is 17.6 Å². The first kappa shape index (κ1) is 20.3. The highest BCUT2D eigenvalue weighted by Gasteiger charge is 2.47. The lowest BCUT2D eigenvalue weighted by atomic mass is 9.75. The van der Waals surface area contributed by atoms with Crippen LogP contribution in [0.5, 0.6) is 0 Å². The van der Waals surface area contributed by atoms with Crippen LogP contribution in [0.15, 0.2) is 110 Å². The van der Waals surface area contributed by atoms with Gasteiger partial charge >= 0.3 is 0 Å². The lowest BCUT2D eigenvalue weighted by molar-refractivity contribution is 0.564. The van der Waals surface area contributed by atoms with Crippen molar-refractivity contribution in [1.82, 2.24) is 9.97 Å². The monoisotopic (exact) mass is 438 g/mol. The number of fused-ring (bicyclic) bond motifs is 1.